The summed E-state index contributed by atoms with van der Waals surface area (Å²) in [4.78, 5) is 28.4. The van der Waals surface area contributed by atoms with Crippen molar-refractivity contribution in [3.63, 3.8) is 0 Å². The fourth-order valence-corrected chi connectivity index (χ4v) is 4.06. The maximum absolute atomic E-state index is 13.5. The van der Waals surface area contributed by atoms with Gasteiger partial charge >= 0.3 is 0 Å². The van der Waals surface area contributed by atoms with E-state index in [2.05, 4.69) is 5.32 Å². The lowest BCUT2D eigenvalue weighted by Gasteiger charge is -2.32. The molecule has 0 saturated carbocycles. The van der Waals surface area contributed by atoms with Crippen molar-refractivity contribution in [2.75, 3.05) is 6.61 Å². The number of carbonyl (C=O) groups is 2. The van der Waals surface area contributed by atoms with E-state index in [4.69, 9.17) is 39.5 Å². The molecule has 8 heteroatoms. The predicted octanol–water partition coefficient (Wildman–Crippen LogP) is 6.19. The number of carbonyl (C=O) groups excluding carboxylic acids is 2. The van der Waals surface area contributed by atoms with E-state index >= 15 is 0 Å². The molecule has 0 aliphatic heterocycles. The zero-order valence-electron chi connectivity index (χ0n) is 19.5. The monoisotopic (exact) mass is 532 g/mol. The molecule has 0 heterocycles. The average molecular weight is 534 g/mol. The molecule has 0 aliphatic rings. The summed E-state index contributed by atoms with van der Waals surface area (Å²) in [5, 5.41) is 4.12. The third-order valence-electron chi connectivity index (χ3n) is 5.23. The van der Waals surface area contributed by atoms with Crippen molar-refractivity contribution in [1.29, 1.82) is 0 Å². The maximum Gasteiger partial charge on any atom is 0.261 e. The number of amides is 2. The Morgan fingerprint density at radius 2 is 1.54 bits per heavy atom. The van der Waals surface area contributed by atoms with Crippen LogP contribution in [-0.2, 0) is 22.6 Å². The van der Waals surface area contributed by atoms with E-state index in [9.17, 15) is 9.59 Å². The molecule has 35 heavy (non-hydrogen) atoms. The highest BCUT2D eigenvalue weighted by atomic mass is 35.5. The largest absolute Gasteiger partial charge is 0.482 e. The highest BCUT2D eigenvalue weighted by Gasteiger charge is 2.31. The number of benzene rings is 3. The Labute approximate surface area is 220 Å². The minimum Gasteiger partial charge on any atom is -0.482 e. The van der Waals surface area contributed by atoms with Gasteiger partial charge < -0.3 is 15.0 Å². The van der Waals surface area contributed by atoms with Crippen LogP contribution < -0.4 is 10.1 Å². The van der Waals surface area contributed by atoms with E-state index in [-0.39, 0.29) is 31.0 Å². The van der Waals surface area contributed by atoms with Crippen molar-refractivity contribution in [3.05, 3.63) is 99.0 Å². The van der Waals surface area contributed by atoms with Crippen LogP contribution in [0.4, 0.5) is 0 Å². The van der Waals surface area contributed by atoms with Crippen molar-refractivity contribution in [2.45, 2.75) is 38.9 Å². The summed E-state index contributed by atoms with van der Waals surface area (Å²) in [7, 11) is 0. The molecule has 3 aromatic rings. The van der Waals surface area contributed by atoms with Crippen LogP contribution in [0.2, 0.25) is 15.1 Å². The van der Waals surface area contributed by atoms with E-state index in [1.54, 1.807) is 42.5 Å². The molecule has 184 valence electrons. The fraction of sp³-hybridized carbons (Fsp3) is 0.259. The van der Waals surface area contributed by atoms with Gasteiger partial charge in [-0.15, -0.1) is 0 Å². The molecule has 3 rings (SSSR count). The third kappa shape index (κ3) is 7.89. The van der Waals surface area contributed by atoms with Crippen LogP contribution in [-0.4, -0.2) is 35.4 Å². The molecule has 3 aromatic carbocycles. The first kappa shape index (κ1) is 26.9. The van der Waals surface area contributed by atoms with Crippen molar-refractivity contribution in [3.8, 4) is 5.75 Å². The van der Waals surface area contributed by atoms with Gasteiger partial charge in [-0.05, 0) is 49.2 Å². The Balaban J connectivity index is 1.93. The van der Waals surface area contributed by atoms with Gasteiger partial charge in [0, 0.05) is 19.0 Å². The van der Waals surface area contributed by atoms with E-state index in [0.29, 0.717) is 27.2 Å². The Morgan fingerprint density at radius 3 is 2.20 bits per heavy atom. The molecule has 1 atom stereocenters. The van der Waals surface area contributed by atoms with Crippen molar-refractivity contribution >= 4 is 46.6 Å². The molecular weight excluding hydrogens is 507 g/mol. The second kappa shape index (κ2) is 12.8. The van der Waals surface area contributed by atoms with Crippen molar-refractivity contribution in [1.82, 2.24) is 10.2 Å². The highest BCUT2D eigenvalue weighted by Crippen LogP contribution is 2.25. The number of halogens is 3. The molecule has 0 spiro atoms. The second-order valence-electron chi connectivity index (χ2n) is 8.36. The van der Waals surface area contributed by atoms with E-state index in [0.717, 1.165) is 11.1 Å². The molecule has 2 amide bonds. The Kier molecular flexibility index (Phi) is 9.84. The molecule has 0 unspecified atom stereocenters. The number of hydrogen-bond donors (Lipinski definition) is 1. The quantitative estimate of drug-likeness (QED) is 0.338. The van der Waals surface area contributed by atoms with Crippen LogP contribution in [0, 0.1) is 0 Å². The van der Waals surface area contributed by atoms with Crippen LogP contribution in [0.15, 0.2) is 72.8 Å². The Hall–Kier alpha value is -2.73. The molecule has 0 radical (unpaired) electrons. The first-order valence-corrected chi connectivity index (χ1v) is 12.3. The lowest BCUT2D eigenvalue weighted by atomic mass is 10.0. The van der Waals surface area contributed by atoms with Crippen molar-refractivity contribution < 1.29 is 14.3 Å². The summed E-state index contributed by atoms with van der Waals surface area (Å²) in [5.41, 5.74) is 1.66. The van der Waals surface area contributed by atoms with Gasteiger partial charge in [-0.1, -0.05) is 83.3 Å². The van der Waals surface area contributed by atoms with Gasteiger partial charge in [0.15, 0.2) is 6.61 Å². The lowest BCUT2D eigenvalue weighted by Crippen LogP contribution is -2.52. The zero-order chi connectivity index (χ0) is 25.4. The van der Waals surface area contributed by atoms with Gasteiger partial charge in [0.1, 0.15) is 11.8 Å². The average Bonchev–Trinajstić information content (AvgIpc) is 2.83. The highest BCUT2D eigenvalue weighted by molar-refractivity contribution is 6.42. The molecule has 0 aromatic heterocycles. The molecule has 0 aliphatic carbocycles. The fourth-order valence-electron chi connectivity index (χ4n) is 3.55. The minimum atomic E-state index is -0.781. The first-order valence-electron chi connectivity index (χ1n) is 11.2. The second-order valence-corrected chi connectivity index (χ2v) is 9.58. The Morgan fingerprint density at radius 1 is 0.857 bits per heavy atom. The topological polar surface area (TPSA) is 58.6 Å². The summed E-state index contributed by atoms with van der Waals surface area (Å²) in [5.74, 6) is -0.228. The van der Waals surface area contributed by atoms with Crippen LogP contribution in [0.5, 0.6) is 5.75 Å². The summed E-state index contributed by atoms with van der Waals surface area (Å²) in [6.45, 7) is 3.61. The summed E-state index contributed by atoms with van der Waals surface area (Å²) < 4.78 is 5.72. The molecule has 0 bridgehead atoms. The number of para-hydroxylation sites is 1. The molecule has 5 nitrogen and oxygen atoms in total. The third-order valence-corrected chi connectivity index (χ3v) is 6.28. The smallest absolute Gasteiger partial charge is 0.261 e. The molecule has 0 saturated heterocycles. The van der Waals surface area contributed by atoms with Gasteiger partial charge in [-0.2, -0.15) is 0 Å². The van der Waals surface area contributed by atoms with Crippen LogP contribution >= 0.6 is 34.8 Å². The normalized spacial score (nSPS) is 11.7. The Bertz CT molecular complexity index is 1160. The molecule has 0 fully saturated rings. The summed E-state index contributed by atoms with van der Waals surface area (Å²) in [6, 6.07) is 20.8. The van der Waals surface area contributed by atoms with E-state index < -0.39 is 6.04 Å². The number of nitrogens with zero attached hydrogens (tertiary/aromatic N) is 1. The first-order chi connectivity index (χ1) is 16.7. The van der Waals surface area contributed by atoms with Crippen molar-refractivity contribution in [2.24, 2.45) is 0 Å². The SMILES string of the molecule is CC(C)NC(=O)[C@@H](Cc1ccccc1)N(Cc1ccc(Cl)c(Cl)c1)C(=O)COc1ccccc1Cl. The van der Waals surface area contributed by atoms with Crippen LogP contribution in [0.25, 0.3) is 0 Å². The van der Waals surface area contributed by atoms with E-state index in [1.807, 2.05) is 44.2 Å². The predicted molar refractivity (Wildman–Crippen MR) is 141 cm³/mol. The van der Waals surface area contributed by atoms with Gasteiger partial charge in [0.25, 0.3) is 5.91 Å². The van der Waals surface area contributed by atoms with Gasteiger partial charge in [0.05, 0.1) is 15.1 Å². The standard InChI is InChI=1S/C27H27Cl3N2O3/c1-18(2)31-27(34)24(15-19-8-4-3-5-9-19)32(16-20-12-13-21(28)23(30)14-20)26(33)17-35-25-11-7-6-10-22(25)29/h3-14,18,24H,15-17H2,1-2H3,(H,31,34)/t24-/m1/s1. The van der Waals surface area contributed by atoms with Gasteiger partial charge in [-0.25, -0.2) is 0 Å². The number of ether oxygens (including phenoxy) is 1. The maximum atomic E-state index is 13.5. The number of hydrogen-bond acceptors (Lipinski definition) is 3. The van der Waals surface area contributed by atoms with Gasteiger partial charge in [0.2, 0.25) is 5.91 Å². The zero-order valence-corrected chi connectivity index (χ0v) is 21.8. The minimum absolute atomic E-state index is 0.0953. The van der Waals surface area contributed by atoms with Crippen LogP contribution in [0.1, 0.15) is 25.0 Å². The summed E-state index contributed by atoms with van der Waals surface area (Å²) in [6.07, 6.45) is 0.332. The number of nitrogens with one attached hydrogen (secondary N) is 1. The molecule has 1 N–H and O–H groups in total. The number of rotatable bonds is 10. The molecular formula is C27H27Cl3N2O3. The van der Waals surface area contributed by atoms with E-state index in [1.165, 1.54) is 4.90 Å². The summed E-state index contributed by atoms with van der Waals surface area (Å²) >= 11 is 18.5. The van der Waals surface area contributed by atoms with Crippen LogP contribution in [0.3, 0.4) is 0 Å². The lowest BCUT2D eigenvalue weighted by molar-refractivity contribution is -0.143. The van der Waals surface area contributed by atoms with Gasteiger partial charge in [-0.3, -0.25) is 9.59 Å².